The topological polar surface area (TPSA) is 29.4 Å². The Morgan fingerprint density at radius 3 is 3.11 bits per heavy atom. The van der Waals surface area contributed by atoms with Gasteiger partial charge in [0, 0.05) is 6.42 Å². The fourth-order valence-corrected chi connectivity index (χ4v) is 0.609. The molecule has 0 spiro atoms. The molecule has 1 unspecified atom stereocenters. The minimum Gasteiger partial charge on any atom is -0.211 e. The summed E-state index contributed by atoms with van der Waals surface area (Å²) >= 11 is 0. The van der Waals surface area contributed by atoms with E-state index < -0.39 is 0 Å². The predicted molar refractivity (Wildman–Crippen MR) is 32.7 cm³/mol. The SMILES string of the molecule is O=C=NC1C=C=C=CC1. The van der Waals surface area contributed by atoms with Crippen molar-refractivity contribution in [3.05, 3.63) is 23.6 Å². The van der Waals surface area contributed by atoms with Gasteiger partial charge in [-0.15, -0.1) is 0 Å². The lowest BCUT2D eigenvalue weighted by Crippen LogP contribution is -1.97. The first-order chi connectivity index (χ1) is 4.43. The summed E-state index contributed by atoms with van der Waals surface area (Å²) in [6, 6.07) is -0.0521. The van der Waals surface area contributed by atoms with Crippen LogP contribution in [0.25, 0.3) is 0 Å². The summed E-state index contributed by atoms with van der Waals surface area (Å²) in [7, 11) is 0. The van der Waals surface area contributed by atoms with E-state index in [1.54, 1.807) is 12.2 Å². The van der Waals surface area contributed by atoms with Crippen molar-refractivity contribution >= 4 is 6.08 Å². The standard InChI is InChI=1S/C7H5NO/c9-6-8-7-4-2-1-3-5-7/h2,5,7H,4H2. The van der Waals surface area contributed by atoms with E-state index in [4.69, 9.17) is 0 Å². The smallest absolute Gasteiger partial charge is 0.211 e. The summed E-state index contributed by atoms with van der Waals surface area (Å²) in [6.45, 7) is 0. The molecule has 44 valence electrons. The van der Waals surface area contributed by atoms with Crippen molar-refractivity contribution in [2.75, 3.05) is 0 Å². The van der Waals surface area contributed by atoms with Crippen molar-refractivity contribution in [2.24, 2.45) is 4.99 Å². The predicted octanol–water partition coefficient (Wildman–Crippen LogP) is 0.961. The zero-order valence-corrected chi connectivity index (χ0v) is 4.79. The molecule has 0 heterocycles. The van der Waals surface area contributed by atoms with E-state index in [1.807, 2.05) is 0 Å². The Bertz CT molecular complexity index is 236. The van der Waals surface area contributed by atoms with Gasteiger partial charge in [0.15, 0.2) is 0 Å². The van der Waals surface area contributed by atoms with Gasteiger partial charge >= 0.3 is 0 Å². The van der Waals surface area contributed by atoms with Crippen molar-refractivity contribution in [3.8, 4) is 0 Å². The second kappa shape index (κ2) is 2.86. The van der Waals surface area contributed by atoms with Crippen molar-refractivity contribution in [3.63, 3.8) is 0 Å². The molecular weight excluding hydrogens is 114 g/mol. The Morgan fingerprint density at radius 1 is 1.67 bits per heavy atom. The number of rotatable bonds is 1. The highest BCUT2D eigenvalue weighted by molar-refractivity contribution is 5.34. The summed E-state index contributed by atoms with van der Waals surface area (Å²) in [5.74, 6) is 0. The van der Waals surface area contributed by atoms with E-state index in [0.717, 1.165) is 6.42 Å². The number of isocyanates is 1. The number of hydrogen-bond donors (Lipinski definition) is 0. The molecule has 1 atom stereocenters. The molecule has 1 aliphatic carbocycles. The van der Waals surface area contributed by atoms with Crippen LogP contribution in [0.2, 0.25) is 0 Å². The van der Waals surface area contributed by atoms with E-state index in [2.05, 4.69) is 16.5 Å². The molecule has 0 N–H and O–H groups in total. The molecule has 2 nitrogen and oxygen atoms in total. The van der Waals surface area contributed by atoms with Gasteiger partial charge in [-0.3, -0.25) is 0 Å². The van der Waals surface area contributed by atoms with Gasteiger partial charge in [0.05, 0.1) is 6.04 Å². The van der Waals surface area contributed by atoms with E-state index in [0.29, 0.717) is 0 Å². The van der Waals surface area contributed by atoms with Crippen molar-refractivity contribution in [1.82, 2.24) is 0 Å². The monoisotopic (exact) mass is 119 g/mol. The summed E-state index contributed by atoms with van der Waals surface area (Å²) in [5.41, 5.74) is 5.47. The van der Waals surface area contributed by atoms with E-state index in [1.165, 1.54) is 6.08 Å². The molecule has 9 heavy (non-hydrogen) atoms. The molecule has 0 saturated heterocycles. The minimum atomic E-state index is -0.0521. The first-order valence-corrected chi connectivity index (χ1v) is 2.66. The highest BCUT2D eigenvalue weighted by Crippen LogP contribution is 2.01. The van der Waals surface area contributed by atoms with Gasteiger partial charge in [-0.25, -0.2) is 4.79 Å². The minimum absolute atomic E-state index is 0.0521. The number of aliphatic imine (C=N–C) groups is 1. The van der Waals surface area contributed by atoms with Crippen molar-refractivity contribution < 1.29 is 4.79 Å². The van der Waals surface area contributed by atoms with Gasteiger partial charge in [-0.1, -0.05) is 11.5 Å². The third-order valence-electron chi connectivity index (χ3n) is 1.04. The quantitative estimate of drug-likeness (QED) is 0.287. The third-order valence-corrected chi connectivity index (χ3v) is 1.04. The number of carbonyl (C=O) groups excluding carboxylic acids is 1. The van der Waals surface area contributed by atoms with Crippen molar-refractivity contribution in [2.45, 2.75) is 12.5 Å². The Kier molecular flexibility index (Phi) is 1.85. The molecule has 1 aliphatic rings. The highest BCUT2D eigenvalue weighted by Gasteiger charge is 1.98. The van der Waals surface area contributed by atoms with Crippen molar-refractivity contribution in [1.29, 1.82) is 0 Å². The molecule has 0 fully saturated rings. The lowest BCUT2D eigenvalue weighted by molar-refractivity contribution is 0.560. The maximum atomic E-state index is 9.70. The van der Waals surface area contributed by atoms with Crippen LogP contribution < -0.4 is 0 Å². The molecule has 0 saturated carbocycles. The van der Waals surface area contributed by atoms with Crippen LogP contribution in [-0.2, 0) is 4.79 Å². The molecule has 1 rings (SSSR count). The summed E-state index contributed by atoms with van der Waals surface area (Å²) in [4.78, 5) is 13.2. The molecule has 0 amide bonds. The maximum Gasteiger partial charge on any atom is 0.235 e. The van der Waals surface area contributed by atoms with Gasteiger partial charge in [0.1, 0.15) is 0 Å². The van der Waals surface area contributed by atoms with Gasteiger partial charge in [-0.2, -0.15) is 4.99 Å². The zero-order chi connectivity index (χ0) is 6.53. The molecule has 0 aromatic carbocycles. The van der Waals surface area contributed by atoms with Crippen LogP contribution in [0.4, 0.5) is 0 Å². The van der Waals surface area contributed by atoms with Gasteiger partial charge < -0.3 is 0 Å². The summed E-state index contributed by atoms with van der Waals surface area (Å²) in [5, 5.41) is 0. The van der Waals surface area contributed by atoms with Crippen LogP contribution in [-0.4, -0.2) is 12.1 Å². The first-order valence-electron chi connectivity index (χ1n) is 2.66. The largest absolute Gasteiger partial charge is 0.235 e. The van der Waals surface area contributed by atoms with E-state index >= 15 is 0 Å². The lowest BCUT2D eigenvalue weighted by atomic mass is 10.2. The van der Waals surface area contributed by atoms with Gasteiger partial charge in [0.25, 0.3) is 0 Å². The molecule has 0 aromatic rings. The molecule has 0 bridgehead atoms. The van der Waals surface area contributed by atoms with Crippen LogP contribution in [0, 0.1) is 0 Å². The Balaban J connectivity index is 2.72. The van der Waals surface area contributed by atoms with E-state index in [-0.39, 0.29) is 6.04 Å². The van der Waals surface area contributed by atoms with Crippen LogP contribution >= 0.6 is 0 Å². The van der Waals surface area contributed by atoms with Crippen LogP contribution in [0.3, 0.4) is 0 Å². The molecule has 0 radical (unpaired) electrons. The third kappa shape index (κ3) is 1.56. The normalized spacial score (nSPS) is 21.6. The molecular formula is C7H5NO. The second-order valence-corrected chi connectivity index (χ2v) is 1.68. The summed E-state index contributed by atoms with van der Waals surface area (Å²) < 4.78 is 0. The Hall–Kier alpha value is -1.32. The number of nitrogens with zero attached hydrogens (tertiary/aromatic N) is 1. The Morgan fingerprint density at radius 2 is 2.56 bits per heavy atom. The molecule has 2 heteroatoms. The average Bonchev–Trinajstić information content (AvgIpc) is 1.91. The fourth-order valence-electron chi connectivity index (χ4n) is 0.609. The van der Waals surface area contributed by atoms with Crippen LogP contribution in [0.5, 0.6) is 0 Å². The van der Waals surface area contributed by atoms with E-state index in [9.17, 15) is 4.79 Å². The van der Waals surface area contributed by atoms with Crippen LogP contribution in [0.1, 0.15) is 6.42 Å². The zero-order valence-electron chi connectivity index (χ0n) is 4.79. The lowest BCUT2D eigenvalue weighted by Gasteiger charge is -1.97. The highest BCUT2D eigenvalue weighted by atomic mass is 16.1. The number of hydrogen-bond acceptors (Lipinski definition) is 2. The van der Waals surface area contributed by atoms with Crippen LogP contribution in [0.15, 0.2) is 28.6 Å². The first kappa shape index (κ1) is 5.81. The summed E-state index contributed by atoms with van der Waals surface area (Å²) in [6.07, 6.45) is 5.73. The molecule has 0 aliphatic heterocycles. The molecule has 0 aromatic heterocycles. The second-order valence-electron chi connectivity index (χ2n) is 1.68. The maximum absolute atomic E-state index is 9.70. The van der Waals surface area contributed by atoms with Gasteiger partial charge in [0.2, 0.25) is 6.08 Å². The van der Waals surface area contributed by atoms with Gasteiger partial charge in [-0.05, 0) is 12.2 Å². The Labute approximate surface area is 52.9 Å². The average molecular weight is 119 g/mol. The fraction of sp³-hybridized carbons (Fsp3) is 0.286.